The summed E-state index contributed by atoms with van der Waals surface area (Å²) in [6.07, 6.45) is 0.198. The third kappa shape index (κ3) is 2.96. The summed E-state index contributed by atoms with van der Waals surface area (Å²) in [4.78, 5) is 0. The topological polar surface area (TPSA) is 50.7 Å². The second kappa shape index (κ2) is 6.97. The average Bonchev–Trinajstić information content (AvgIpc) is 2.37. The molecule has 0 saturated heterocycles. The van der Waals surface area contributed by atoms with E-state index in [0.717, 1.165) is 22.0 Å². The van der Waals surface area contributed by atoms with E-state index in [9.17, 15) is 5.11 Å². The van der Waals surface area contributed by atoms with Crippen LogP contribution in [0.2, 0.25) is 0 Å². The molecule has 1 rings (SSSR count). The quantitative estimate of drug-likeness (QED) is 0.845. The number of ether oxygens (including phenoxy) is 2. The summed E-state index contributed by atoms with van der Waals surface area (Å²) in [5, 5.41) is 13.1. The van der Waals surface area contributed by atoms with Crippen LogP contribution in [0.5, 0.6) is 11.5 Å². The van der Waals surface area contributed by atoms with Gasteiger partial charge < -0.3 is 19.9 Å². The van der Waals surface area contributed by atoms with Crippen molar-refractivity contribution in [1.29, 1.82) is 0 Å². The van der Waals surface area contributed by atoms with Crippen molar-refractivity contribution >= 4 is 15.9 Å². The molecule has 4 nitrogen and oxygen atoms in total. The molecule has 2 N–H and O–H groups in total. The highest BCUT2D eigenvalue weighted by molar-refractivity contribution is 9.10. The van der Waals surface area contributed by atoms with E-state index in [0.29, 0.717) is 18.0 Å². The first kappa shape index (κ1) is 15.3. The van der Waals surface area contributed by atoms with Crippen molar-refractivity contribution in [3.63, 3.8) is 0 Å². The third-order valence-corrected chi connectivity index (χ3v) is 3.44. The molecule has 0 heterocycles. The molecule has 1 aromatic rings. The second-order valence-corrected chi connectivity index (χ2v) is 4.77. The first-order valence-electron chi connectivity index (χ1n) is 5.86. The SMILES string of the molecule is CCc1c(C(O)CNC)cc(Br)c(OC)c1OC. The van der Waals surface area contributed by atoms with Gasteiger partial charge in [0.05, 0.1) is 24.8 Å². The highest BCUT2D eigenvalue weighted by Crippen LogP contribution is 2.42. The zero-order valence-electron chi connectivity index (χ0n) is 11.2. The molecule has 0 aromatic heterocycles. The van der Waals surface area contributed by atoms with Gasteiger partial charge in [-0.05, 0) is 41.0 Å². The molecule has 102 valence electrons. The summed E-state index contributed by atoms with van der Waals surface area (Å²) in [6, 6.07) is 1.89. The fraction of sp³-hybridized carbons (Fsp3) is 0.538. The summed E-state index contributed by atoms with van der Waals surface area (Å²) < 4.78 is 11.5. The van der Waals surface area contributed by atoms with E-state index in [2.05, 4.69) is 21.2 Å². The predicted octanol–water partition coefficient (Wildman–Crippen LogP) is 2.28. The molecular formula is C13H20BrNO3. The lowest BCUT2D eigenvalue weighted by Crippen LogP contribution is -2.18. The number of hydrogen-bond acceptors (Lipinski definition) is 4. The summed E-state index contributed by atoms with van der Waals surface area (Å²) in [5.41, 5.74) is 1.83. The molecule has 0 aliphatic rings. The Morgan fingerprint density at radius 2 is 1.94 bits per heavy atom. The van der Waals surface area contributed by atoms with Crippen LogP contribution in [0.1, 0.15) is 24.2 Å². The van der Waals surface area contributed by atoms with Crippen molar-refractivity contribution < 1.29 is 14.6 Å². The summed E-state index contributed by atoms with van der Waals surface area (Å²) in [7, 11) is 5.02. The highest BCUT2D eigenvalue weighted by Gasteiger charge is 2.21. The van der Waals surface area contributed by atoms with E-state index >= 15 is 0 Å². The summed E-state index contributed by atoms with van der Waals surface area (Å²) in [5.74, 6) is 1.34. The van der Waals surface area contributed by atoms with Gasteiger partial charge in [0.25, 0.3) is 0 Å². The number of nitrogens with one attached hydrogen (secondary N) is 1. The van der Waals surface area contributed by atoms with Crippen LogP contribution >= 0.6 is 15.9 Å². The number of halogens is 1. The maximum absolute atomic E-state index is 10.2. The van der Waals surface area contributed by atoms with Gasteiger partial charge in [-0.15, -0.1) is 0 Å². The van der Waals surface area contributed by atoms with E-state index in [1.54, 1.807) is 14.2 Å². The Labute approximate surface area is 116 Å². The standard InChI is InChI=1S/C13H20BrNO3/c1-5-8-9(11(16)7-15-2)6-10(14)13(18-4)12(8)17-3/h6,11,15-16H,5,7H2,1-4H3. The first-order valence-corrected chi connectivity index (χ1v) is 6.65. The molecule has 18 heavy (non-hydrogen) atoms. The molecule has 0 aliphatic carbocycles. The fourth-order valence-electron chi connectivity index (χ4n) is 2.04. The van der Waals surface area contributed by atoms with Crippen molar-refractivity contribution in [1.82, 2.24) is 5.32 Å². The second-order valence-electron chi connectivity index (χ2n) is 3.92. The molecule has 0 fully saturated rings. The molecule has 0 spiro atoms. The monoisotopic (exact) mass is 317 g/mol. The molecule has 1 atom stereocenters. The van der Waals surface area contributed by atoms with E-state index in [1.165, 1.54) is 0 Å². The van der Waals surface area contributed by atoms with Gasteiger partial charge in [0.1, 0.15) is 0 Å². The van der Waals surface area contributed by atoms with E-state index < -0.39 is 6.10 Å². The minimum absolute atomic E-state index is 0.495. The van der Waals surface area contributed by atoms with Crippen LogP contribution < -0.4 is 14.8 Å². The molecule has 0 bridgehead atoms. The number of methoxy groups -OCH3 is 2. The number of rotatable bonds is 6. The third-order valence-electron chi connectivity index (χ3n) is 2.85. The zero-order valence-corrected chi connectivity index (χ0v) is 12.8. The molecule has 1 unspecified atom stereocenters. The Hall–Kier alpha value is -0.780. The van der Waals surface area contributed by atoms with Gasteiger partial charge in [-0.2, -0.15) is 0 Å². The van der Waals surface area contributed by atoms with Crippen molar-refractivity contribution in [2.24, 2.45) is 0 Å². The highest BCUT2D eigenvalue weighted by atomic mass is 79.9. The number of likely N-dealkylation sites (N-methyl/N-ethyl adjacent to an activating group) is 1. The Morgan fingerprint density at radius 3 is 2.39 bits per heavy atom. The van der Waals surface area contributed by atoms with Crippen LogP contribution in [0.3, 0.4) is 0 Å². The number of aliphatic hydroxyl groups excluding tert-OH is 1. The zero-order chi connectivity index (χ0) is 13.7. The van der Waals surface area contributed by atoms with Gasteiger partial charge in [-0.1, -0.05) is 6.92 Å². The maximum Gasteiger partial charge on any atom is 0.175 e. The van der Waals surface area contributed by atoms with Crippen molar-refractivity contribution in [3.8, 4) is 11.5 Å². The van der Waals surface area contributed by atoms with Gasteiger partial charge >= 0.3 is 0 Å². The van der Waals surface area contributed by atoms with Gasteiger partial charge in [0.15, 0.2) is 11.5 Å². The summed E-state index contributed by atoms with van der Waals surface area (Å²) in [6.45, 7) is 2.52. The predicted molar refractivity (Wildman–Crippen MR) is 75.5 cm³/mol. The van der Waals surface area contributed by atoms with Crippen LogP contribution in [0, 0.1) is 0 Å². The molecule has 1 aromatic carbocycles. The van der Waals surface area contributed by atoms with Crippen molar-refractivity contribution in [2.45, 2.75) is 19.4 Å². The molecule has 0 amide bonds. The lowest BCUT2D eigenvalue weighted by Gasteiger charge is -2.20. The normalized spacial score (nSPS) is 12.3. The van der Waals surface area contributed by atoms with Gasteiger partial charge in [-0.3, -0.25) is 0 Å². The van der Waals surface area contributed by atoms with E-state index in [4.69, 9.17) is 9.47 Å². The van der Waals surface area contributed by atoms with Gasteiger partial charge in [0, 0.05) is 12.1 Å². The Balaban J connectivity index is 3.39. The number of benzene rings is 1. The molecule has 5 heteroatoms. The first-order chi connectivity index (χ1) is 8.60. The van der Waals surface area contributed by atoms with Gasteiger partial charge in [0.2, 0.25) is 0 Å². The maximum atomic E-state index is 10.2. The van der Waals surface area contributed by atoms with Crippen LogP contribution in [0.25, 0.3) is 0 Å². The van der Waals surface area contributed by atoms with Gasteiger partial charge in [-0.25, -0.2) is 0 Å². The lowest BCUT2D eigenvalue weighted by molar-refractivity contribution is 0.176. The average molecular weight is 318 g/mol. The number of hydrogen-bond donors (Lipinski definition) is 2. The van der Waals surface area contributed by atoms with Crippen molar-refractivity contribution in [3.05, 3.63) is 21.7 Å². The molecule has 0 saturated carbocycles. The van der Waals surface area contributed by atoms with Crippen LogP contribution in [0.4, 0.5) is 0 Å². The van der Waals surface area contributed by atoms with E-state index in [1.807, 2.05) is 20.0 Å². The summed E-state index contributed by atoms with van der Waals surface area (Å²) >= 11 is 3.45. The van der Waals surface area contributed by atoms with E-state index in [-0.39, 0.29) is 0 Å². The molecule has 0 aliphatic heterocycles. The Kier molecular flexibility index (Phi) is 5.91. The number of aliphatic hydroxyl groups is 1. The van der Waals surface area contributed by atoms with Crippen LogP contribution in [-0.2, 0) is 6.42 Å². The minimum Gasteiger partial charge on any atom is -0.493 e. The Morgan fingerprint density at radius 1 is 1.33 bits per heavy atom. The van der Waals surface area contributed by atoms with Crippen LogP contribution in [-0.4, -0.2) is 32.9 Å². The van der Waals surface area contributed by atoms with Crippen LogP contribution in [0.15, 0.2) is 10.5 Å². The minimum atomic E-state index is -0.568. The smallest absolute Gasteiger partial charge is 0.175 e. The largest absolute Gasteiger partial charge is 0.493 e. The molecular weight excluding hydrogens is 298 g/mol. The lowest BCUT2D eigenvalue weighted by atomic mass is 9.98. The molecule has 0 radical (unpaired) electrons. The Bertz CT molecular complexity index is 410. The van der Waals surface area contributed by atoms with Crippen molar-refractivity contribution in [2.75, 3.05) is 27.8 Å². The fourth-order valence-corrected chi connectivity index (χ4v) is 2.63.